The van der Waals surface area contributed by atoms with Crippen LogP contribution in [0.25, 0.3) is 0 Å². The van der Waals surface area contributed by atoms with Gasteiger partial charge in [0.1, 0.15) is 0 Å². The van der Waals surface area contributed by atoms with Crippen molar-refractivity contribution < 1.29 is 55.1 Å². The number of nitrogens with one attached hydrogen (secondary N) is 2. The van der Waals surface area contributed by atoms with Crippen molar-refractivity contribution in [2.75, 3.05) is 12.0 Å². The second-order valence-corrected chi connectivity index (χ2v) is 4.09. The van der Waals surface area contributed by atoms with Crippen molar-refractivity contribution in [3.8, 4) is 6.07 Å². The van der Waals surface area contributed by atoms with Gasteiger partial charge in [-0.3, -0.25) is 0 Å². The summed E-state index contributed by atoms with van der Waals surface area (Å²) in [5.41, 5.74) is 4.41. The molecule has 0 aliphatic heterocycles. The number of nitriles is 1. The van der Waals surface area contributed by atoms with E-state index in [0.29, 0.717) is 6.54 Å². The fourth-order valence-corrected chi connectivity index (χ4v) is 1.71. The molecule has 0 bridgehead atoms. The summed E-state index contributed by atoms with van der Waals surface area (Å²) in [6.07, 6.45) is -4.26. The Kier molecular flexibility index (Phi) is 14.2. The van der Waals surface area contributed by atoms with Crippen LogP contribution in [-0.4, -0.2) is 6.54 Å². The minimum atomic E-state index is -4.50. The Labute approximate surface area is 152 Å². The molecule has 21 heavy (non-hydrogen) atoms. The quantitative estimate of drug-likeness (QED) is 0.324. The molecule has 0 fully saturated rings. The van der Waals surface area contributed by atoms with Gasteiger partial charge in [0.15, 0.2) is 0 Å². The maximum atomic E-state index is 12.4. The number of hydrazine groups is 1. The van der Waals surface area contributed by atoms with Crippen LogP contribution in [0, 0.1) is 11.3 Å². The molecule has 1 rings (SSSR count). The summed E-state index contributed by atoms with van der Waals surface area (Å²) >= 11 is 11.4. The van der Waals surface area contributed by atoms with E-state index in [1.54, 1.807) is 0 Å². The van der Waals surface area contributed by atoms with Gasteiger partial charge in [0.05, 0.1) is 27.4 Å². The summed E-state index contributed by atoms with van der Waals surface area (Å²) in [6, 6.07) is 3.45. The van der Waals surface area contributed by atoms with E-state index in [4.69, 9.17) is 28.5 Å². The molecule has 0 saturated carbocycles. The minimum absolute atomic E-state index is 0. The zero-order chi connectivity index (χ0) is 13.8. The predicted molar refractivity (Wildman–Crippen MR) is 63.3 cm³/mol. The Balaban J connectivity index is -0.00000108. The molecule has 1 aromatic rings. The Hall–Kier alpha value is -0.0605. The molecule has 0 aliphatic carbocycles. The maximum Gasteiger partial charge on any atom is 2.00 e. The molecule has 0 heterocycles. The monoisotopic (exact) mass is 430 g/mol. The van der Waals surface area contributed by atoms with Crippen LogP contribution in [0.2, 0.25) is 10.0 Å². The van der Waals surface area contributed by atoms with E-state index < -0.39 is 11.7 Å². The van der Waals surface area contributed by atoms with E-state index >= 15 is 0 Å². The van der Waals surface area contributed by atoms with Gasteiger partial charge >= 0.3 is 23.2 Å². The first-order valence-electron chi connectivity index (χ1n) is 4.78. The number of benzene rings is 1. The first-order chi connectivity index (χ1) is 8.36. The Morgan fingerprint density at radius 1 is 1.14 bits per heavy atom. The second-order valence-electron chi connectivity index (χ2n) is 3.27. The molecule has 0 aliphatic rings. The molecule has 0 spiro atoms. The van der Waals surface area contributed by atoms with Gasteiger partial charge in [0, 0.05) is 13.0 Å². The van der Waals surface area contributed by atoms with Gasteiger partial charge in [0.25, 0.3) is 0 Å². The number of hydrogen-bond donors (Lipinski definition) is 2. The van der Waals surface area contributed by atoms with Crippen LogP contribution in [0.4, 0.5) is 18.9 Å². The van der Waals surface area contributed by atoms with E-state index in [9.17, 15) is 13.2 Å². The number of rotatable bonds is 4. The van der Waals surface area contributed by atoms with E-state index in [1.165, 1.54) is 0 Å². The molecule has 1 radical (unpaired) electrons. The number of nitrogens with zero attached hydrogens (tertiary/aromatic N) is 1. The summed E-state index contributed by atoms with van der Waals surface area (Å²) in [5.74, 6) is 0. The maximum absolute atomic E-state index is 12.4. The molecule has 3 nitrogen and oxygen atoms in total. The standard InChI is InChI=1S/C10H8Cl2F3N3.2ClH.Cu/c11-7-4-6(10(13,14)15)5-8(12)9(7)18-17-3-1-2-16;;;/h4-5,17-18H,1,3H2;2*1H;/q;;;+2/p-2. The third-order valence-corrected chi connectivity index (χ3v) is 2.54. The predicted octanol–water partition coefficient (Wildman–Crippen LogP) is -2.15. The Bertz CT molecular complexity index is 457. The normalized spacial score (nSPS) is 9.52. The summed E-state index contributed by atoms with van der Waals surface area (Å²) in [4.78, 5) is 0. The van der Waals surface area contributed by atoms with Gasteiger partial charge in [-0.05, 0) is 12.1 Å². The van der Waals surface area contributed by atoms with Gasteiger partial charge in [-0.15, -0.1) is 0 Å². The van der Waals surface area contributed by atoms with Crippen LogP contribution in [-0.2, 0) is 23.2 Å². The number of anilines is 1. The number of alkyl halides is 3. The van der Waals surface area contributed by atoms with Crippen molar-refractivity contribution >= 4 is 28.9 Å². The first kappa shape index (κ1) is 25.9. The first-order valence-corrected chi connectivity index (χ1v) is 5.54. The van der Waals surface area contributed by atoms with E-state index in [1.807, 2.05) is 6.07 Å². The molecule has 0 amide bonds. The van der Waals surface area contributed by atoms with Gasteiger partial charge < -0.3 is 30.2 Å². The number of hydrogen-bond acceptors (Lipinski definition) is 3. The van der Waals surface area contributed by atoms with Crippen molar-refractivity contribution in [1.82, 2.24) is 5.43 Å². The fourth-order valence-electron chi connectivity index (χ4n) is 1.13. The van der Waals surface area contributed by atoms with Gasteiger partial charge in [-0.25, -0.2) is 5.43 Å². The molecule has 123 valence electrons. The van der Waals surface area contributed by atoms with Crippen LogP contribution >= 0.6 is 23.2 Å². The zero-order valence-electron chi connectivity index (χ0n) is 9.96. The molecule has 0 saturated heterocycles. The van der Waals surface area contributed by atoms with Crippen molar-refractivity contribution in [3.63, 3.8) is 0 Å². The van der Waals surface area contributed by atoms with Crippen LogP contribution in [0.15, 0.2) is 12.1 Å². The third-order valence-electron chi connectivity index (χ3n) is 1.94. The van der Waals surface area contributed by atoms with E-state index in [-0.39, 0.29) is 64.0 Å². The topological polar surface area (TPSA) is 47.9 Å². The number of halogens is 7. The molecule has 0 atom stereocenters. The summed E-state index contributed by atoms with van der Waals surface area (Å²) in [5, 5.41) is 8.00. The molecule has 0 aromatic heterocycles. The molecule has 11 heteroatoms. The molecule has 2 N–H and O–H groups in total. The second kappa shape index (κ2) is 11.5. The van der Waals surface area contributed by atoms with Crippen molar-refractivity contribution in [2.24, 2.45) is 0 Å². The SMILES string of the molecule is N#CCCNNc1c(Cl)cc(C(F)(F)F)cc1Cl.[Cl-].[Cl-].[Cu+2]. The molecule has 1 aromatic carbocycles. The van der Waals surface area contributed by atoms with Gasteiger partial charge in [-0.2, -0.15) is 18.4 Å². The molecular weight excluding hydrogens is 424 g/mol. The van der Waals surface area contributed by atoms with E-state index in [0.717, 1.165) is 12.1 Å². The average molecular weight is 433 g/mol. The van der Waals surface area contributed by atoms with Crippen LogP contribution in [0.1, 0.15) is 12.0 Å². The molecular formula is C10H8Cl4CuF3N3. The van der Waals surface area contributed by atoms with Crippen molar-refractivity contribution in [1.29, 1.82) is 5.26 Å². The van der Waals surface area contributed by atoms with Gasteiger partial charge in [-0.1, -0.05) is 23.2 Å². The van der Waals surface area contributed by atoms with Crippen molar-refractivity contribution in [2.45, 2.75) is 12.6 Å². The van der Waals surface area contributed by atoms with Crippen LogP contribution < -0.4 is 35.7 Å². The molecule has 0 unspecified atom stereocenters. The van der Waals surface area contributed by atoms with Crippen LogP contribution in [0.3, 0.4) is 0 Å². The van der Waals surface area contributed by atoms with Crippen molar-refractivity contribution in [3.05, 3.63) is 27.7 Å². The minimum Gasteiger partial charge on any atom is -1.00 e. The van der Waals surface area contributed by atoms with Gasteiger partial charge in [0.2, 0.25) is 0 Å². The smallest absolute Gasteiger partial charge is 1.00 e. The average Bonchev–Trinajstić information content (AvgIpc) is 2.25. The fraction of sp³-hybridized carbons (Fsp3) is 0.300. The van der Waals surface area contributed by atoms with Crippen LogP contribution in [0.5, 0.6) is 0 Å². The summed E-state index contributed by atoms with van der Waals surface area (Å²) in [6.45, 7) is 0.310. The Morgan fingerprint density at radius 3 is 2.00 bits per heavy atom. The Morgan fingerprint density at radius 2 is 1.62 bits per heavy atom. The largest absolute Gasteiger partial charge is 2.00 e. The van der Waals surface area contributed by atoms with E-state index in [2.05, 4.69) is 10.9 Å². The third kappa shape index (κ3) is 8.22. The summed E-state index contributed by atoms with van der Waals surface area (Å²) < 4.78 is 37.3. The zero-order valence-corrected chi connectivity index (χ0v) is 13.9. The summed E-state index contributed by atoms with van der Waals surface area (Å²) in [7, 11) is 0.